The number of aryl methyl sites for hydroxylation is 2. The van der Waals surface area contributed by atoms with Crippen molar-refractivity contribution >= 4 is 40.2 Å². The third-order valence-corrected chi connectivity index (χ3v) is 8.88. The molecular weight excluding hydrogens is 638 g/mol. The Bertz CT molecular complexity index is 1790. The molecule has 4 aromatic rings. The molecule has 0 radical (unpaired) electrons. The number of piperazine rings is 1. The van der Waals surface area contributed by atoms with E-state index >= 15 is 0 Å². The van der Waals surface area contributed by atoms with Crippen molar-refractivity contribution in [1.82, 2.24) is 19.8 Å². The van der Waals surface area contributed by atoms with E-state index in [0.717, 1.165) is 29.9 Å². The summed E-state index contributed by atoms with van der Waals surface area (Å²) in [6, 6.07) is 17.0. The number of nitrogens with two attached hydrogens (primary N) is 1. The van der Waals surface area contributed by atoms with Gasteiger partial charge in [-0.3, -0.25) is 14.5 Å². The number of fused-ring (bicyclic) bond motifs is 2. The fourth-order valence-electron chi connectivity index (χ4n) is 5.92. The van der Waals surface area contributed by atoms with Crippen LogP contribution in [0.2, 0.25) is 0 Å². The fourth-order valence-corrected chi connectivity index (χ4v) is 5.92. The molecule has 0 aliphatic carbocycles. The third kappa shape index (κ3) is 8.28. The second-order valence-electron chi connectivity index (χ2n) is 12.1. The monoisotopic (exact) mass is 685 g/mol. The van der Waals surface area contributed by atoms with Crippen LogP contribution in [0.25, 0.3) is 10.9 Å². The molecule has 3 heterocycles. The zero-order valence-corrected chi connectivity index (χ0v) is 29.7. The van der Waals surface area contributed by atoms with Gasteiger partial charge in [-0.15, -0.1) is 0 Å². The first kappa shape index (κ1) is 36.0. The summed E-state index contributed by atoms with van der Waals surface area (Å²) in [4.78, 5) is 40.0. The van der Waals surface area contributed by atoms with Crippen LogP contribution in [0.15, 0.2) is 54.6 Å². The van der Waals surface area contributed by atoms with Crippen LogP contribution in [-0.4, -0.2) is 104 Å². The summed E-state index contributed by atoms with van der Waals surface area (Å²) in [6.45, 7) is 12.8. The number of para-hydroxylation sites is 3. The van der Waals surface area contributed by atoms with Crippen molar-refractivity contribution in [2.24, 2.45) is 0 Å². The number of rotatable bonds is 9. The second-order valence-corrected chi connectivity index (χ2v) is 12.1. The summed E-state index contributed by atoms with van der Waals surface area (Å²) in [7, 11) is 3.14. The number of carbonyl (C=O) groups excluding carboxylic acids is 2. The van der Waals surface area contributed by atoms with E-state index in [1.807, 2.05) is 55.1 Å². The first-order chi connectivity index (χ1) is 24.1. The predicted molar refractivity (Wildman–Crippen MR) is 195 cm³/mol. The molecule has 2 aliphatic heterocycles. The minimum absolute atomic E-state index is 0.0612. The zero-order valence-electron chi connectivity index (χ0n) is 29.7. The molecule has 13 nitrogen and oxygen atoms in total. The SMILES string of the molecule is CCN(CC)CC(=O)Nc1c(C)cccc1C.COc1cc2nc(N3CCN(C(=O)C4COc5ccccc5O4)CC3)nc(N)c2cc1OC. The number of nitrogens with one attached hydrogen (secondary N) is 1. The molecule has 13 heteroatoms. The quantitative estimate of drug-likeness (QED) is 0.260. The molecule has 3 aromatic carbocycles. The average Bonchev–Trinajstić information content (AvgIpc) is 3.14. The normalized spacial score (nSPS) is 15.3. The van der Waals surface area contributed by atoms with Crippen LogP contribution in [0, 0.1) is 13.8 Å². The number of nitrogen functional groups attached to an aromatic ring is 1. The molecule has 0 bridgehead atoms. The Balaban J connectivity index is 0.000000242. The Morgan fingerprint density at radius 3 is 2.20 bits per heavy atom. The summed E-state index contributed by atoms with van der Waals surface area (Å²) < 4.78 is 22.3. The highest BCUT2D eigenvalue weighted by Gasteiger charge is 2.33. The molecule has 1 unspecified atom stereocenters. The number of nitrogens with zero attached hydrogens (tertiary/aromatic N) is 5. The molecule has 1 aromatic heterocycles. The number of ether oxygens (including phenoxy) is 4. The molecule has 2 aliphatic rings. The van der Waals surface area contributed by atoms with E-state index in [-0.39, 0.29) is 18.4 Å². The van der Waals surface area contributed by atoms with Crippen LogP contribution < -0.4 is 34.9 Å². The van der Waals surface area contributed by atoms with Crippen molar-refractivity contribution in [3.63, 3.8) is 0 Å². The highest BCUT2D eigenvalue weighted by molar-refractivity contribution is 5.94. The minimum atomic E-state index is -0.651. The summed E-state index contributed by atoms with van der Waals surface area (Å²) in [5, 5.41) is 3.69. The van der Waals surface area contributed by atoms with E-state index in [1.54, 1.807) is 37.3 Å². The lowest BCUT2D eigenvalue weighted by molar-refractivity contribution is -0.141. The van der Waals surface area contributed by atoms with Gasteiger partial charge in [0.15, 0.2) is 23.0 Å². The molecule has 266 valence electrons. The molecule has 1 atom stereocenters. The van der Waals surface area contributed by atoms with Gasteiger partial charge in [-0.25, -0.2) is 4.98 Å². The molecule has 3 N–H and O–H groups in total. The van der Waals surface area contributed by atoms with E-state index in [4.69, 9.17) is 24.7 Å². The molecule has 50 heavy (non-hydrogen) atoms. The lowest BCUT2D eigenvalue weighted by Crippen LogP contribution is -2.54. The highest BCUT2D eigenvalue weighted by atomic mass is 16.6. The van der Waals surface area contributed by atoms with Gasteiger partial charge in [0.2, 0.25) is 18.0 Å². The van der Waals surface area contributed by atoms with Gasteiger partial charge in [-0.05, 0) is 56.3 Å². The van der Waals surface area contributed by atoms with Crippen molar-refractivity contribution in [3.05, 3.63) is 65.7 Å². The van der Waals surface area contributed by atoms with Gasteiger partial charge in [0.05, 0.1) is 26.3 Å². The first-order valence-electron chi connectivity index (χ1n) is 16.9. The third-order valence-electron chi connectivity index (χ3n) is 8.88. The van der Waals surface area contributed by atoms with Crippen molar-refractivity contribution in [3.8, 4) is 23.0 Å². The number of likely N-dealkylation sites (N-methyl/N-ethyl adjacent to an activating group) is 1. The number of carbonyl (C=O) groups is 2. The number of hydrogen-bond donors (Lipinski definition) is 2. The van der Waals surface area contributed by atoms with Crippen LogP contribution in [0.5, 0.6) is 23.0 Å². The Hall–Kier alpha value is -5.30. The maximum atomic E-state index is 13.0. The van der Waals surface area contributed by atoms with E-state index in [0.29, 0.717) is 78.4 Å². The lowest BCUT2D eigenvalue weighted by atomic mass is 10.1. The van der Waals surface area contributed by atoms with Gasteiger partial charge >= 0.3 is 0 Å². The maximum absolute atomic E-state index is 13.0. The van der Waals surface area contributed by atoms with Crippen LogP contribution in [0.4, 0.5) is 17.5 Å². The van der Waals surface area contributed by atoms with E-state index in [2.05, 4.69) is 34.0 Å². The lowest BCUT2D eigenvalue weighted by Gasteiger charge is -2.37. The smallest absolute Gasteiger partial charge is 0.267 e. The van der Waals surface area contributed by atoms with Crippen molar-refractivity contribution < 1.29 is 28.5 Å². The van der Waals surface area contributed by atoms with Gasteiger partial charge in [0, 0.05) is 43.3 Å². The molecule has 6 rings (SSSR count). The molecular formula is C37H47N7O6. The van der Waals surface area contributed by atoms with E-state index < -0.39 is 6.10 Å². The Labute approximate surface area is 293 Å². The number of methoxy groups -OCH3 is 2. The van der Waals surface area contributed by atoms with Crippen molar-refractivity contribution in [2.75, 3.05) is 82.6 Å². The maximum Gasteiger partial charge on any atom is 0.267 e. The summed E-state index contributed by atoms with van der Waals surface area (Å²) in [5.41, 5.74) is 10.1. The standard InChI is InChI=1S/C23H25N5O5.C14H22N2O/c1-30-18-11-14-15(12-19(18)31-2)25-23(26-21(14)24)28-9-7-27(8-10-28)22(29)20-13-32-16-5-3-4-6-17(16)33-20;1-5-16(6-2)10-13(17)15-14-11(3)8-7-9-12(14)4/h3-6,11-12,20H,7-10,13H2,1-2H3,(H2,24,25,26);7-9H,5-6,10H2,1-4H3,(H,15,17). The molecule has 1 saturated heterocycles. The van der Waals surface area contributed by atoms with Crippen LogP contribution in [0.1, 0.15) is 25.0 Å². The van der Waals surface area contributed by atoms with Gasteiger partial charge in [-0.1, -0.05) is 44.2 Å². The van der Waals surface area contributed by atoms with Gasteiger partial charge in [0.25, 0.3) is 5.91 Å². The summed E-state index contributed by atoms with van der Waals surface area (Å²) >= 11 is 0. The van der Waals surface area contributed by atoms with Crippen LogP contribution in [-0.2, 0) is 9.59 Å². The molecule has 2 amide bonds. The number of hydrogen-bond acceptors (Lipinski definition) is 11. The zero-order chi connectivity index (χ0) is 35.8. The number of amides is 2. The van der Waals surface area contributed by atoms with Crippen LogP contribution >= 0.6 is 0 Å². The van der Waals surface area contributed by atoms with E-state index in [9.17, 15) is 9.59 Å². The largest absolute Gasteiger partial charge is 0.493 e. The number of aromatic nitrogens is 2. The summed E-state index contributed by atoms with van der Waals surface area (Å²) in [6.07, 6.45) is -0.651. The fraction of sp³-hybridized carbons (Fsp3) is 0.405. The van der Waals surface area contributed by atoms with Gasteiger partial charge in [0.1, 0.15) is 12.4 Å². The summed E-state index contributed by atoms with van der Waals surface area (Å²) in [5.74, 6) is 3.24. The van der Waals surface area contributed by atoms with Crippen molar-refractivity contribution in [2.45, 2.75) is 33.8 Å². The number of benzene rings is 3. The molecule has 0 spiro atoms. The Morgan fingerprint density at radius 2 is 1.56 bits per heavy atom. The first-order valence-corrected chi connectivity index (χ1v) is 16.9. The Morgan fingerprint density at radius 1 is 0.920 bits per heavy atom. The van der Waals surface area contributed by atoms with Gasteiger partial charge in [-0.2, -0.15) is 4.98 Å². The molecule has 0 saturated carbocycles. The molecule has 1 fully saturated rings. The average molecular weight is 686 g/mol. The number of anilines is 3. The van der Waals surface area contributed by atoms with Crippen LogP contribution in [0.3, 0.4) is 0 Å². The highest BCUT2D eigenvalue weighted by Crippen LogP contribution is 2.35. The van der Waals surface area contributed by atoms with Crippen molar-refractivity contribution in [1.29, 1.82) is 0 Å². The van der Waals surface area contributed by atoms with Gasteiger partial charge < -0.3 is 39.8 Å². The second kappa shape index (κ2) is 16.4. The Kier molecular flexibility index (Phi) is 11.8. The minimum Gasteiger partial charge on any atom is -0.493 e. The predicted octanol–water partition coefficient (Wildman–Crippen LogP) is 4.30. The van der Waals surface area contributed by atoms with E-state index in [1.165, 1.54) is 0 Å². The topological polar surface area (TPSA) is 145 Å².